The van der Waals surface area contributed by atoms with Crippen LogP contribution in [0.3, 0.4) is 0 Å². The molecule has 0 N–H and O–H groups in total. The minimum absolute atomic E-state index is 0.0140. The first-order chi connectivity index (χ1) is 8.63. The van der Waals surface area contributed by atoms with Crippen LogP contribution < -0.4 is 0 Å². The number of rotatable bonds is 5. The summed E-state index contributed by atoms with van der Waals surface area (Å²) >= 11 is 0. The van der Waals surface area contributed by atoms with Crippen molar-refractivity contribution < 1.29 is 13.2 Å². The van der Waals surface area contributed by atoms with Crippen molar-refractivity contribution >= 4 is 15.6 Å². The van der Waals surface area contributed by atoms with Crippen LogP contribution in [0.4, 0.5) is 0 Å². The number of ketones is 1. The normalized spacial score (nSPS) is 14.1. The molecule has 0 aliphatic rings. The van der Waals surface area contributed by atoms with Crippen molar-refractivity contribution in [3.63, 3.8) is 0 Å². The summed E-state index contributed by atoms with van der Waals surface area (Å²) in [4.78, 5) is 11.7. The van der Waals surface area contributed by atoms with Crippen molar-refractivity contribution in [1.29, 1.82) is 0 Å². The Morgan fingerprint density at radius 3 is 2.11 bits per heavy atom. The predicted molar refractivity (Wildman–Crippen MR) is 76.7 cm³/mol. The molecule has 0 unspecified atom stereocenters. The number of Topliss-reactive ketones (excluding diaryl/α,β-unsaturated/α-hetero) is 1. The van der Waals surface area contributed by atoms with E-state index in [4.69, 9.17) is 0 Å². The Labute approximate surface area is 116 Å². The van der Waals surface area contributed by atoms with Gasteiger partial charge in [-0.1, -0.05) is 39.0 Å². The summed E-state index contributed by atoms with van der Waals surface area (Å²) in [5.74, 6) is -0.126. The Kier molecular flexibility index (Phi) is 4.91. The van der Waals surface area contributed by atoms with Crippen molar-refractivity contribution in [2.24, 2.45) is 11.3 Å². The van der Waals surface area contributed by atoms with Crippen molar-refractivity contribution in [3.05, 3.63) is 30.3 Å². The summed E-state index contributed by atoms with van der Waals surface area (Å²) < 4.78 is 24.7. The van der Waals surface area contributed by atoms with Gasteiger partial charge in [0.05, 0.1) is 10.6 Å². The Morgan fingerprint density at radius 2 is 1.68 bits per heavy atom. The van der Waals surface area contributed by atoms with Crippen LogP contribution in [0.5, 0.6) is 0 Å². The summed E-state index contributed by atoms with van der Waals surface area (Å²) in [6.45, 7) is 7.43. The minimum Gasteiger partial charge on any atom is -0.300 e. The molecule has 3 nitrogen and oxygen atoms in total. The highest BCUT2D eigenvalue weighted by molar-refractivity contribution is 7.91. The number of hydrogen-bond acceptors (Lipinski definition) is 3. The molecule has 1 rings (SSSR count). The highest BCUT2D eigenvalue weighted by Crippen LogP contribution is 2.31. The zero-order valence-corrected chi connectivity index (χ0v) is 12.8. The molecule has 0 saturated heterocycles. The van der Waals surface area contributed by atoms with Crippen LogP contribution in [0.2, 0.25) is 0 Å². The molecule has 1 aromatic carbocycles. The smallest absolute Gasteiger partial charge is 0.178 e. The lowest BCUT2D eigenvalue weighted by Gasteiger charge is -2.29. The third-order valence-electron chi connectivity index (χ3n) is 3.28. The van der Waals surface area contributed by atoms with Gasteiger partial charge in [-0.25, -0.2) is 8.42 Å². The first-order valence-electron chi connectivity index (χ1n) is 6.40. The van der Waals surface area contributed by atoms with E-state index in [0.717, 1.165) is 0 Å². The molecule has 0 amide bonds. The number of carbonyl (C=O) groups excluding carboxylic acids is 1. The average molecular weight is 282 g/mol. The molecule has 4 heteroatoms. The van der Waals surface area contributed by atoms with Gasteiger partial charge in [-0.3, -0.25) is 0 Å². The molecular formula is C15H22O3S. The van der Waals surface area contributed by atoms with Crippen LogP contribution in [0.15, 0.2) is 35.2 Å². The van der Waals surface area contributed by atoms with Gasteiger partial charge in [-0.15, -0.1) is 0 Å². The fourth-order valence-electron chi connectivity index (χ4n) is 1.95. The fraction of sp³-hybridized carbons (Fsp3) is 0.533. The standard InChI is InChI=1S/C15H22O3S/c1-12(16)10-13(15(2,3)4)11-19(17,18)14-8-6-5-7-9-14/h5-9,13H,10-11H2,1-4H3/t13-/m0/s1. The third-order valence-corrected chi connectivity index (χ3v) is 5.11. The van der Waals surface area contributed by atoms with Gasteiger partial charge in [0.25, 0.3) is 0 Å². The Hall–Kier alpha value is -1.16. The molecule has 1 aromatic rings. The Morgan fingerprint density at radius 1 is 1.16 bits per heavy atom. The molecule has 106 valence electrons. The van der Waals surface area contributed by atoms with E-state index in [0.29, 0.717) is 11.3 Å². The zero-order valence-electron chi connectivity index (χ0n) is 12.0. The molecule has 0 saturated carbocycles. The zero-order chi connectivity index (χ0) is 14.7. The van der Waals surface area contributed by atoms with Gasteiger partial charge in [-0.05, 0) is 30.4 Å². The van der Waals surface area contributed by atoms with Crippen molar-refractivity contribution in [2.75, 3.05) is 5.75 Å². The molecule has 0 aliphatic carbocycles. The second kappa shape index (κ2) is 5.87. The van der Waals surface area contributed by atoms with Gasteiger partial charge in [0, 0.05) is 6.42 Å². The molecule has 0 radical (unpaired) electrons. The summed E-state index contributed by atoms with van der Waals surface area (Å²) in [6, 6.07) is 8.41. The molecule has 0 fully saturated rings. The van der Waals surface area contributed by atoms with Crippen molar-refractivity contribution in [3.8, 4) is 0 Å². The van der Waals surface area contributed by atoms with E-state index in [2.05, 4.69) is 0 Å². The van der Waals surface area contributed by atoms with E-state index >= 15 is 0 Å². The van der Waals surface area contributed by atoms with E-state index in [9.17, 15) is 13.2 Å². The molecule has 0 heterocycles. The number of hydrogen-bond donors (Lipinski definition) is 0. The maximum atomic E-state index is 12.4. The lowest BCUT2D eigenvalue weighted by atomic mass is 9.79. The van der Waals surface area contributed by atoms with Gasteiger partial charge < -0.3 is 4.79 Å². The van der Waals surface area contributed by atoms with Gasteiger partial charge in [0.15, 0.2) is 9.84 Å². The highest BCUT2D eigenvalue weighted by atomic mass is 32.2. The van der Waals surface area contributed by atoms with Gasteiger partial charge in [0.2, 0.25) is 0 Å². The molecule has 19 heavy (non-hydrogen) atoms. The van der Waals surface area contributed by atoms with Crippen LogP contribution >= 0.6 is 0 Å². The van der Waals surface area contributed by atoms with Gasteiger partial charge in [0.1, 0.15) is 5.78 Å². The summed E-state index contributed by atoms with van der Waals surface area (Å²) in [5, 5.41) is 0. The van der Waals surface area contributed by atoms with E-state index in [-0.39, 0.29) is 22.9 Å². The lowest BCUT2D eigenvalue weighted by Crippen LogP contribution is -2.30. The first kappa shape index (κ1) is 15.9. The summed E-state index contributed by atoms with van der Waals surface area (Å²) in [7, 11) is -3.34. The molecule has 1 atom stereocenters. The van der Waals surface area contributed by atoms with Gasteiger partial charge in [-0.2, -0.15) is 0 Å². The average Bonchev–Trinajstić information content (AvgIpc) is 2.27. The van der Waals surface area contributed by atoms with Crippen LogP contribution in [0.1, 0.15) is 34.1 Å². The van der Waals surface area contributed by atoms with Crippen LogP contribution in [-0.4, -0.2) is 20.0 Å². The largest absolute Gasteiger partial charge is 0.300 e. The molecule has 0 spiro atoms. The van der Waals surface area contributed by atoms with E-state index in [1.807, 2.05) is 20.8 Å². The Bertz CT molecular complexity index is 524. The number of benzene rings is 1. The number of carbonyl (C=O) groups is 1. The van der Waals surface area contributed by atoms with E-state index < -0.39 is 9.84 Å². The van der Waals surface area contributed by atoms with E-state index in [1.165, 1.54) is 6.92 Å². The van der Waals surface area contributed by atoms with Crippen LogP contribution in [0.25, 0.3) is 0 Å². The summed E-state index contributed by atoms with van der Waals surface area (Å²) in [6.07, 6.45) is 0.301. The predicted octanol–water partition coefficient (Wildman–Crippen LogP) is 3.10. The number of sulfone groups is 1. The van der Waals surface area contributed by atoms with Crippen LogP contribution in [0, 0.1) is 11.3 Å². The van der Waals surface area contributed by atoms with Gasteiger partial charge >= 0.3 is 0 Å². The third kappa shape index (κ3) is 4.78. The maximum absolute atomic E-state index is 12.4. The second-order valence-corrected chi connectivity index (χ2v) is 8.10. The van der Waals surface area contributed by atoms with Crippen molar-refractivity contribution in [2.45, 2.75) is 39.0 Å². The second-order valence-electron chi connectivity index (χ2n) is 6.06. The van der Waals surface area contributed by atoms with Crippen molar-refractivity contribution in [1.82, 2.24) is 0 Å². The Balaban J connectivity index is 3.00. The minimum atomic E-state index is -3.34. The lowest BCUT2D eigenvalue weighted by molar-refractivity contribution is -0.118. The SMILES string of the molecule is CC(=O)C[C@@H](CS(=O)(=O)c1ccccc1)C(C)(C)C. The monoisotopic (exact) mass is 282 g/mol. The molecule has 0 bridgehead atoms. The molecular weight excluding hydrogens is 260 g/mol. The molecule has 0 aliphatic heterocycles. The van der Waals surface area contributed by atoms with E-state index in [1.54, 1.807) is 30.3 Å². The molecule has 0 aromatic heterocycles. The quantitative estimate of drug-likeness (QED) is 0.834. The van der Waals surface area contributed by atoms with Crippen LogP contribution in [-0.2, 0) is 14.6 Å². The highest BCUT2D eigenvalue weighted by Gasteiger charge is 2.31. The topological polar surface area (TPSA) is 51.2 Å². The first-order valence-corrected chi connectivity index (χ1v) is 8.05. The maximum Gasteiger partial charge on any atom is 0.178 e. The fourth-order valence-corrected chi connectivity index (χ4v) is 3.86. The summed E-state index contributed by atoms with van der Waals surface area (Å²) in [5.41, 5.74) is -0.215.